The van der Waals surface area contributed by atoms with E-state index in [1.807, 2.05) is 6.92 Å². The molecular weight excluding hydrogens is 354 g/mol. The van der Waals surface area contributed by atoms with E-state index in [2.05, 4.69) is 5.32 Å². The number of nitrogens with two attached hydrogens (primary N) is 1. The van der Waals surface area contributed by atoms with Gasteiger partial charge in [-0.25, -0.2) is 8.42 Å². The van der Waals surface area contributed by atoms with E-state index in [4.69, 9.17) is 5.73 Å². The number of amides is 2. The molecule has 24 heavy (non-hydrogen) atoms. The quantitative estimate of drug-likeness (QED) is 0.719. The van der Waals surface area contributed by atoms with Crippen LogP contribution >= 0.6 is 12.4 Å². The summed E-state index contributed by atoms with van der Waals surface area (Å²) in [5.41, 5.74) is 5.69. The minimum Gasteiger partial charge on any atom is -0.344 e. The zero-order chi connectivity index (χ0) is 17.3. The summed E-state index contributed by atoms with van der Waals surface area (Å²) in [5, 5.41) is 2.76. The van der Waals surface area contributed by atoms with Gasteiger partial charge in [-0.15, -0.1) is 12.4 Å². The molecule has 1 heterocycles. The predicted molar refractivity (Wildman–Crippen MR) is 94.6 cm³/mol. The van der Waals surface area contributed by atoms with Crippen LogP contribution in [0.5, 0.6) is 0 Å². The summed E-state index contributed by atoms with van der Waals surface area (Å²) in [7, 11) is -3.03. The Kier molecular flexibility index (Phi) is 7.07. The van der Waals surface area contributed by atoms with Crippen LogP contribution in [0.2, 0.25) is 0 Å². The molecule has 0 spiro atoms. The summed E-state index contributed by atoms with van der Waals surface area (Å²) in [6, 6.07) is -0.666. The van der Waals surface area contributed by atoms with Crippen LogP contribution in [0.25, 0.3) is 0 Å². The summed E-state index contributed by atoms with van der Waals surface area (Å²) in [6.45, 7) is 3.91. The lowest BCUT2D eigenvalue weighted by Crippen LogP contribution is -2.57. The van der Waals surface area contributed by atoms with E-state index in [0.717, 1.165) is 25.7 Å². The molecule has 3 N–H and O–H groups in total. The van der Waals surface area contributed by atoms with Crippen LogP contribution in [0, 0.1) is 5.92 Å². The summed E-state index contributed by atoms with van der Waals surface area (Å²) in [6.07, 6.45) is 3.53. The standard InChI is InChI=1S/C15H27N3O4S.ClH/c1-11(14(20)18-7-9-23(21,22)10-8-18)17-13(19)12-5-3-4-6-15(12,2)16;/h11-12H,3-10,16H2,1-2H3,(H,17,19);1H. The molecule has 0 radical (unpaired) electrons. The molecule has 1 saturated heterocycles. The minimum atomic E-state index is -3.03. The lowest BCUT2D eigenvalue weighted by Gasteiger charge is -2.38. The molecule has 9 heteroatoms. The molecule has 0 bridgehead atoms. The number of nitrogens with one attached hydrogen (secondary N) is 1. The van der Waals surface area contributed by atoms with E-state index in [1.165, 1.54) is 4.90 Å². The molecule has 2 aliphatic rings. The van der Waals surface area contributed by atoms with E-state index in [1.54, 1.807) is 6.92 Å². The molecule has 2 fully saturated rings. The van der Waals surface area contributed by atoms with Gasteiger partial charge in [0.1, 0.15) is 6.04 Å². The van der Waals surface area contributed by atoms with Crippen LogP contribution in [0.3, 0.4) is 0 Å². The van der Waals surface area contributed by atoms with Gasteiger partial charge in [-0.2, -0.15) is 0 Å². The summed E-state index contributed by atoms with van der Waals surface area (Å²) in [5.74, 6) is -0.720. The molecule has 1 aliphatic carbocycles. The van der Waals surface area contributed by atoms with Gasteiger partial charge in [-0.1, -0.05) is 12.8 Å². The fraction of sp³-hybridized carbons (Fsp3) is 0.867. The average Bonchev–Trinajstić information content (AvgIpc) is 2.45. The summed E-state index contributed by atoms with van der Waals surface area (Å²) < 4.78 is 22.8. The van der Waals surface area contributed by atoms with Gasteiger partial charge in [0.05, 0.1) is 17.4 Å². The molecule has 1 aliphatic heterocycles. The molecule has 3 unspecified atom stereocenters. The van der Waals surface area contributed by atoms with Gasteiger partial charge in [0.15, 0.2) is 9.84 Å². The van der Waals surface area contributed by atoms with Crippen molar-refractivity contribution in [3.63, 3.8) is 0 Å². The van der Waals surface area contributed by atoms with E-state index in [9.17, 15) is 18.0 Å². The second kappa shape index (κ2) is 8.01. The summed E-state index contributed by atoms with van der Waals surface area (Å²) >= 11 is 0. The fourth-order valence-electron chi connectivity index (χ4n) is 3.37. The normalized spacial score (nSPS) is 30.8. The Bertz CT molecular complexity index is 565. The second-order valence-corrected chi connectivity index (χ2v) is 9.32. The minimum absolute atomic E-state index is 0. The maximum atomic E-state index is 12.5. The smallest absolute Gasteiger partial charge is 0.244 e. The van der Waals surface area contributed by atoms with Crippen molar-refractivity contribution in [1.82, 2.24) is 10.2 Å². The Morgan fingerprint density at radius 3 is 2.38 bits per heavy atom. The van der Waals surface area contributed by atoms with Crippen LogP contribution in [-0.2, 0) is 19.4 Å². The zero-order valence-corrected chi connectivity index (χ0v) is 15.9. The Balaban J connectivity index is 0.00000288. The van der Waals surface area contributed by atoms with Gasteiger partial charge >= 0.3 is 0 Å². The van der Waals surface area contributed by atoms with Gasteiger partial charge in [0, 0.05) is 18.6 Å². The van der Waals surface area contributed by atoms with Gasteiger partial charge in [-0.3, -0.25) is 9.59 Å². The average molecular weight is 382 g/mol. The van der Waals surface area contributed by atoms with Crippen molar-refractivity contribution < 1.29 is 18.0 Å². The van der Waals surface area contributed by atoms with Gasteiger partial charge in [0.2, 0.25) is 11.8 Å². The van der Waals surface area contributed by atoms with Crippen LogP contribution in [-0.4, -0.2) is 61.3 Å². The van der Waals surface area contributed by atoms with Gasteiger partial charge in [0.25, 0.3) is 0 Å². The third-order valence-electron chi connectivity index (χ3n) is 4.96. The molecule has 140 valence electrons. The van der Waals surface area contributed by atoms with Crippen molar-refractivity contribution in [2.45, 2.75) is 51.1 Å². The molecule has 2 rings (SSSR count). The molecule has 0 aromatic carbocycles. The first-order valence-electron chi connectivity index (χ1n) is 8.21. The van der Waals surface area contributed by atoms with Crippen LogP contribution < -0.4 is 11.1 Å². The largest absolute Gasteiger partial charge is 0.344 e. The molecule has 7 nitrogen and oxygen atoms in total. The van der Waals surface area contributed by atoms with Crippen molar-refractivity contribution >= 4 is 34.1 Å². The van der Waals surface area contributed by atoms with Gasteiger partial charge in [-0.05, 0) is 26.7 Å². The Morgan fingerprint density at radius 2 is 1.83 bits per heavy atom. The highest BCUT2D eigenvalue weighted by atomic mass is 35.5. The lowest BCUT2D eigenvalue weighted by molar-refractivity contribution is -0.137. The highest BCUT2D eigenvalue weighted by molar-refractivity contribution is 7.91. The summed E-state index contributed by atoms with van der Waals surface area (Å²) in [4.78, 5) is 26.3. The maximum absolute atomic E-state index is 12.5. The van der Waals surface area contributed by atoms with Crippen molar-refractivity contribution in [2.24, 2.45) is 11.7 Å². The van der Waals surface area contributed by atoms with E-state index >= 15 is 0 Å². The first-order valence-corrected chi connectivity index (χ1v) is 10.0. The number of sulfone groups is 1. The van der Waals surface area contributed by atoms with Crippen LogP contribution in [0.15, 0.2) is 0 Å². The third-order valence-corrected chi connectivity index (χ3v) is 6.57. The molecule has 0 aromatic heterocycles. The molecule has 3 atom stereocenters. The third kappa shape index (κ3) is 5.07. The van der Waals surface area contributed by atoms with Crippen molar-refractivity contribution in [1.29, 1.82) is 0 Å². The molecule has 2 amide bonds. The molecular formula is C15H28ClN3O4S. The SMILES string of the molecule is CC(NC(=O)C1CCCCC1(C)N)C(=O)N1CCS(=O)(=O)CC1.Cl. The number of hydrogen-bond acceptors (Lipinski definition) is 5. The number of nitrogens with zero attached hydrogens (tertiary/aromatic N) is 1. The van der Waals surface area contributed by atoms with E-state index in [0.29, 0.717) is 0 Å². The number of carbonyl (C=O) groups excluding carboxylic acids is 2. The Labute approximate surface area is 150 Å². The van der Waals surface area contributed by atoms with Gasteiger partial charge < -0.3 is 16.0 Å². The van der Waals surface area contributed by atoms with Crippen molar-refractivity contribution in [3.05, 3.63) is 0 Å². The zero-order valence-electron chi connectivity index (χ0n) is 14.3. The number of halogens is 1. The monoisotopic (exact) mass is 381 g/mol. The molecule has 0 aromatic rings. The Hall–Kier alpha value is -0.860. The second-order valence-electron chi connectivity index (χ2n) is 7.01. The maximum Gasteiger partial charge on any atom is 0.244 e. The highest BCUT2D eigenvalue weighted by Crippen LogP contribution is 2.31. The van der Waals surface area contributed by atoms with Crippen molar-refractivity contribution in [2.75, 3.05) is 24.6 Å². The fourth-order valence-corrected chi connectivity index (χ4v) is 4.57. The Morgan fingerprint density at radius 1 is 1.25 bits per heavy atom. The predicted octanol–water partition coefficient (Wildman–Crippen LogP) is 0.0775. The number of rotatable bonds is 3. The number of hydrogen-bond donors (Lipinski definition) is 2. The molecule has 1 saturated carbocycles. The van der Waals surface area contributed by atoms with E-state index < -0.39 is 21.4 Å². The highest BCUT2D eigenvalue weighted by Gasteiger charge is 2.39. The topological polar surface area (TPSA) is 110 Å². The number of carbonyl (C=O) groups is 2. The first-order chi connectivity index (χ1) is 10.6. The van der Waals surface area contributed by atoms with Crippen molar-refractivity contribution in [3.8, 4) is 0 Å². The first kappa shape index (κ1) is 21.2. The van der Waals surface area contributed by atoms with E-state index in [-0.39, 0.29) is 54.7 Å². The van der Waals surface area contributed by atoms with Crippen LogP contribution in [0.4, 0.5) is 0 Å². The lowest BCUT2D eigenvalue weighted by atomic mass is 9.74. The van der Waals surface area contributed by atoms with Crippen LogP contribution in [0.1, 0.15) is 39.5 Å².